The first-order valence-corrected chi connectivity index (χ1v) is 7.19. The predicted molar refractivity (Wildman–Crippen MR) is 82.2 cm³/mol. The molecule has 0 aliphatic rings. The molecule has 2 aromatic rings. The fraction of sp³-hybridized carbons (Fsp3) is 0.438. The van der Waals surface area contributed by atoms with Crippen LogP contribution >= 0.6 is 0 Å². The highest BCUT2D eigenvalue weighted by Crippen LogP contribution is 2.21. The van der Waals surface area contributed by atoms with Crippen LogP contribution in [0.15, 0.2) is 30.5 Å². The van der Waals surface area contributed by atoms with Gasteiger partial charge in [0, 0.05) is 12.7 Å². The molecule has 108 valence electrons. The summed E-state index contributed by atoms with van der Waals surface area (Å²) in [5, 5.41) is 4.38. The number of hydrazine groups is 1. The molecule has 4 nitrogen and oxygen atoms in total. The maximum atomic E-state index is 5.77. The molecular weight excluding hydrogens is 248 g/mol. The highest BCUT2D eigenvalue weighted by atomic mass is 15.3. The second-order valence-corrected chi connectivity index (χ2v) is 5.33. The van der Waals surface area contributed by atoms with Crippen LogP contribution < -0.4 is 11.3 Å². The molecule has 0 aliphatic carbocycles. The lowest BCUT2D eigenvalue weighted by Crippen LogP contribution is -2.31. The molecule has 4 heteroatoms. The van der Waals surface area contributed by atoms with Gasteiger partial charge in [0.2, 0.25) is 0 Å². The van der Waals surface area contributed by atoms with Gasteiger partial charge in [-0.05, 0) is 43.9 Å². The normalized spacial score (nSPS) is 12.6. The van der Waals surface area contributed by atoms with Crippen LogP contribution in [0.4, 0.5) is 0 Å². The van der Waals surface area contributed by atoms with Crippen LogP contribution in [0.2, 0.25) is 0 Å². The van der Waals surface area contributed by atoms with Crippen molar-refractivity contribution in [3.63, 3.8) is 0 Å². The smallest absolute Gasteiger partial charge is 0.0669 e. The molecule has 0 amide bonds. The Morgan fingerprint density at radius 2 is 2.10 bits per heavy atom. The van der Waals surface area contributed by atoms with Gasteiger partial charge in [-0.15, -0.1) is 0 Å². The number of rotatable bonds is 6. The molecular formula is C16H24N4. The summed E-state index contributed by atoms with van der Waals surface area (Å²) < 4.78 is 2.04. The Hall–Kier alpha value is -1.65. The van der Waals surface area contributed by atoms with Crippen LogP contribution in [0.25, 0.3) is 0 Å². The van der Waals surface area contributed by atoms with Crippen molar-refractivity contribution in [1.29, 1.82) is 0 Å². The van der Waals surface area contributed by atoms with Crippen LogP contribution in [0.1, 0.15) is 41.8 Å². The summed E-state index contributed by atoms with van der Waals surface area (Å²) in [5.74, 6) is 5.77. The zero-order valence-corrected chi connectivity index (χ0v) is 12.6. The van der Waals surface area contributed by atoms with Gasteiger partial charge in [-0.2, -0.15) is 5.10 Å². The lowest BCUT2D eigenvalue weighted by atomic mass is 9.97. The minimum atomic E-state index is 0.0875. The molecule has 1 aromatic heterocycles. The average molecular weight is 272 g/mol. The van der Waals surface area contributed by atoms with Crippen molar-refractivity contribution in [2.45, 2.75) is 46.2 Å². The SMILES string of the molecule is CCCn1nccc1C(Cc1cc(C)ccc1C)NN. The van der Waals surface area contributed by atoms with Gasteiger partial charge in [-0.3, -0.25) is 16.0 Å². The van der Waals surface area contributed by atoms with Gasteiger partial charge < -0.3 is 0 Å². The maximum absolute atomic E-state index is 5.77. The Morgan fingerprint density at radius 1 is 1.30 bits per heavy atom. The van der Waals surface area contributed by atoms with E-state index in [1.807, 2.05) is 16.9 Å². The van der Waals surface area contributed by atoms with E-state index < -0.39 is 0 Å². The quantitative estimate of drug-likeness (QED) is 0.628. The van der Waals surface area contributed by atoms with E-state index in [1.54, 1.807) is 0 Å². The monoisotopic (exact) mass is 272 g/mol. The Morgan fingerprint density at radius 3 is 2.80 bits per heavy atom. The molecule has 0 fully saturated rings. The van der Waals surface area contributed by atoms with Gasteiger partial charge in [0.15, 0.2) is 0 Å². The van der Waals surface area contributed by atoms with Crippen LogP contribution in [-0.2, 0) is 13.0 Å². The lowest BCUT2D eigenvalue weighted by Gasteiger charge is -2.19. The van der Waals surface area contributed by atoms with Crippen molar-refractivity contribution in [1.82, 2.24) is 15.2 Å². The fourth-order valence-corrected chi connectivity index (χ4v) is 2.53. The number of benzene rings is 1. The summed E-state index contributed by atoms with van der Waals surface area (Å²) in [5.41, 5.74) is 8.00. The summed E-state index contributed by atoms with van der Waals surface area (Å²) in [4.78, 5) is 0. The third-order valence-corrected chi connectivity index (χ3v) is 3.67. The standard InChI is InChI=1S/C16H24N4/c1-4-9-20-16(7-8-18-20)15(19-17)11-14-10-12(2)5-6-13(14)3/h5-8,10,15,19H,4,9,11,17H2,1-3H3. The minimum absolute atomic E-state index is 0.0875. The molecule has 1 aromatic carbocycles. The van der Waals surface area contributed by atoms with Crippen molar-refractivity contribution >= 4 is 0 Å². The number of hydrogen-bond donors (Lipinski definition) is 2. The topological polar surface area (TPSA) is 55.9 Å². The molecule has 0 bridgehead atoms. The number of nitrogens with one attached hydrogen (secondary N) is 1. The number of nitrogens with zero attached hydrogens (tertiary/aromatic N) is 2. The van der Waals surface area contributed by atoms with Crippen molar-refractivity contribution in [3.05, 3.63) is 52.8 Å². The van der Waals surface area contributed by atoms with E-state index in [1.165, 1.54) is 16.7 Å². The van der Waals surface area contributed by atoms with Gasteiger partial charge in [0.1, 0.15) is 0 Å². The third kappa shape index (κ3) is 3.26. The van der Waals surface area contributed by atoms with Crippen molar-refractivity contribution in [2.24, 2.45) is 5.84 Å². The zero-order valence-electron chi connectivity index (χ0n) is 12.6. The van der Waals surface area contributed by atoms with E-state index in [9.17, 15) is 0 Å². The fourth-order valence-electron chi connectivity index (χ4n) is 2.53. The zero-order chi connectivity index (χ0) is 14.5. The van der Waals surface area contributed by atoms with Gasteiger partial charge in [-0.25, -0.2) is 0 Å². The molecule has 3 N–H and O–H groups in total. The van der Waals surface area contributed by atoms with Crippen LogP contribution in [0, 0.1) is 13.8 Å². The van der Waals surface area contributed by atoms with Crippen molar-refractivity contribution in [2.75, 3.05) is 0 Å². The highest BCUT2D eigenvalue weighted by molar-refractivity contribution is 5.32. The van der Waals surface area contributed by atoms with E-state index >= 15 is 0 Å². The first kappa shape index (κ1) is 14.8. The second-order valence-electron chi connectivity index (χ2n) is 5.33. The van der Waals surface area contributed by atoms with E-state index in [0.29, 0.717) is 0 Å². The van der Waals surface area contributed by atoms with E-state index in [-0.39, 0.29) is 6.04 Å². The molecule has 2 rings (SSSR count). The Labute approximate surface area is 121 Å². The van der Waals surface area contributed by atoms with Crippen molar-refractivity contribution in [3.8, 4) is 0 Å². The number of hydrogen-bond acceptors (Lipinski definition) is 3. The first-order valence-electron chi connectivity index (χ1n) is 7.19. The Kier molecular flexibility index (Phi) is 4.93. The number of aromatic nitrogens is 2. The summed E-state index contributed by atoms with van der Waals surface area (Å²) in [6.45, 7) is 7.34. The van der Waals surface area contributed by atoms with E-state index in [2.05, 4.69) is 49.5 Å². The molecule has 20 heavy (non-hydrogen) atoms. The molecule has 1 heterocycles. The number of nitrogens with two attached hydrogens (primary N) is 1. The Bertz CT molecular complexity index is 559. The van der Waals surface area contributed by atoms with E-state index in [0.717, 1.165) is 25.1 Å². The summed E-state index contributed by atoms with van der Waals surface area (Å²) in [7, 11) is 0. The maximum Gasteiger partial charge on any atom is 0.0669 e. The average Bonchev–Trinajstić information content (AvgIpc) is 2.88. The third-order valence-electron chi connectivity index (χ3n) is 3.67. The highest BCUT2D eigenvalue weighted by Gasteiger charge is 2.16. The first-order chi connectivity index (χ1) is 9.65. The number of aryl methyl sites for hydroxylation is 3. The van der Waals surface area contributed by atoms with Crippen LogP contribution in [-0.4, -0.2) is 9.78 Å². The van der Waals surface area contributed by atoms with Gasteiger partial charge in [0.05, 0.1) is 11.7 Å². The lowest BCUT2D eigenvalue weighted by molar-refractivity contribution is 0.477. The molecule has 1 atom stereocenters. The molecule has 1 unspecified atom stereocenters. The molecule has 0 saturated carbocycles. The predicted octanol–water partition coefficient (Wildman–Crippen LogP) is 2.66. The summed E-state index contributed by atoms with van der Waals surface area (Å²) in [6, 6.07) is 8.68. The summed E-state index contributed by atoms with van der Waals surface area (Å²) >= 11 is 0. The second kappa shape index (κ2) is 6.68. The van der Waals surface area contributed by atoms with Crippen LogP contribution in [0.5, 0.6) is 0 Å². The largest absolute Gasteiger partial charge is 0.271 e. The van der Waals surface area contributed by atoms with Crippen LogP contribution in [0.3, 0.4) is 0 Å². The minimum Gasteiger partial charge on any atom is -0.271 e. The Balaban J connectivity index is 2.24. The molecule has 0 spiro atoms. The van der Waals surface area contributed by atoms with Crippen molar-refractivity contribution < 1.29 is 0 Å². The molecule has 0 saturated heterocycles. The van der Waals surface area contributed by atoms with E-state index in [4.69, 9.17) is 5.84 Å². The summed E-state index contributed by atoms with van der Waals surface area (Å²) in [6.07, 6.45) is 3.79. The van der Waals surface area contributed by atoms with Gasteiger partial charge in [-0.1, -0.05) is 30.7 Å². The van der Waals surface area contributed by atoms with Gasteiger partial charge >= 0.3 is 0 Å². The van der Waals surface area contributed by atoms with Gasteiger partial charge in [0.25, 0.3) is 0 Å². The molecule has 0 radical (unpaired) electrons. The molecule has 0 aliphatic heterocycles.